The molecule has 0 atom stereocenters. The van der Waals surface area contributed by atoms with Crippen LogP contribution >= 0.6 is 0 Å². The lowest BCUT2D eigenvalue weighted by molar-refractivity contribution is -0.256. The summed E-state index contributed by atoms with van der Waals surface area (Å²) in [6, 6.07) is 0.656. The third kappa shape index (κ3) is 2.73. The van der Waals surface area contributed by atoms with E-state index in [9.17, 15) is 44.3 Å². The third-order valence-corrected chi connectivity index (χ3v) is 2.18. The predicted octanol–water partition coefficient (Wildman–Crippen LogP) is 4.22. The van der Waals surface area contributed by atoms with Crippen molar-refractivity contribution < 1.29 is 44.3 Å². The summed E-state index contributed by atoms with van der Waals surface area (Å²) >= 11 is 0. The van der Waals surface area contributed by atoms with Gasteiger partial charge in [-0.25, -0.2) is 4.39 Å². The minimum atomic E-state index is -6.39. The fourth-order valence-corrected chi connectivity index (χ4v) is 1.30. The molecular formula is C10H3F9O. The summed E-state index contributed by atoms with van der Waals surface area (Å²) < 4.78 is 112. The van der Waals surface area contributed by atoms with Gasteiger partial charge in [0, 0.05) is 5.56 Å². The van der Waals surface area contributed by atoms with Crippen LogP contribution in [0.4, 0.5) is 39.5 Å². The monoisotopic (exact) mass is 310 g/mol. The Hall–Kier alpha value is -1.74. The van der Waals surface area contributed by atoms with Crippen LogP contribution in [0.5, 0.6) is 0 Å². The lowest BCUT2D eigenvalue weighted by atomic mass is 9.98. The molecule has 0 amide bonds. The minimum absolute atomic E-state index is 0.0495. The fraction of sp³-hybridized carbons (Fsp3) is 0.300. The maximum atomic E-state index is 13.0. The van der Waals surface area contributed by atoms with Crippen molar-refractivity contribution in [2.24, 2.45) is 0 Å². The molecule has 0 spiro atoms. The average molecular weight is 310 g/mol. The number of ketones is 1. The van der Waals surface area contributed by atoms with Crippen molar-refractivity contribution >= 4 is 5.78 Å². The van der Waals surface area contributed by atoms with Gasteiger partial charge < -0.3 is 0 Å². The molecule has 0 aliphatic carbocycles. The number of benzene rings is 1. The van der Waals surface area contributed by atoms with E-state index in [0.29, 0.717) is 6.07 Å². The first-order valence-corrected chi connectivity index (χ1v) is 4.65. The van der Waals surface area contributed by atoms with E-state index in [0.717, 1.165) is 0 Å². The zero-order valence-corrected chi connectivity index (χ0v) is 9.04. The van der Waals surface area contributed by atoms with Gasteiger partial charge in [0.05, 0.1) is 0 Å². The van der Waals surface area contributed by atoms with Crippen LogP contribution in [0.15, 0.2) is 18.2 Å². The van der Waals surface area contributed by atoms with Crippen LogP contribution in [0.25, 0.3) is 0 Å². The maximum absolute atomic E-state index is 13.0. The average Bonchev–Trinajstić information content (AvgIpc) is 2.24. The molecule has 0 saturated heterocycles. The van der Waals surface area contributed by atoms with Crippen molar-refractivity contribution in [3.63, 3.8) is 0 Å². The molecule has 0 heterocycles. The highest BCUT2D eigenvalue weighted by molar-refractivity contribution is 6.03. The molecule has 1 aromatic carbocycles. The second-order valence-corrected chi connectivity index (χ2v) is 3.56. The van der Waals surface area contributed by atoms with Gasteiger partial charge in [0.1, 0.15) is 11.4 Å². The van der Waals surface area contributed by atoms with Crippen molar-refractivity contribution in [2.75, 3.05) is 0 Å². The van der Waals surface area contributed by atoms with Crippen LogP contribution in [0.1, 0.15) is 15.9 Å². The van der Waals surface area contributed by atoms with Crippen molar-refractivity contribution in [1.29, 1.82) is 0 Å². The molecule has 20 heavy (non-hydrogen) atoms. The Bertz CT molecular complexity index is 527. The molecule has 1 rings (SSSR count). The van der Waals surface area contributed by atoms with E-state index in [4.69, 9.17) is 0 Å². The van der Waals surface area contributed by atoms with Gasteiger partial charge in [0.15, 0.2) is 0 Å². The van der Waals surface area contributed by atoms with Gasteiger partial charge in [-0.15, -0.1) is 0 Å². The van der Waals surface area contributed by atoms with Crippen LogP contribution in [0.3, 0.4) is 0 Å². The lowest BCUT2D eigenvalue weighted by Crippen LogP contribution is -2.44. The fourth-order valence-electron chi connectivity index (χ4n) is 1.30. The lowest BCUT2D eigenvalue weighted by Gasteiger charge is -2.20. The molecule has 0 saturated carbocycles. The summed E-state index contributed by atoms with van der Waals surface area (Å²) in [5, 5.41) is 0. The zero-order valence-electron chi connectivity index (χ0n) is 9.04. The third-order valence-electron chi connectivity index (χ3n) is 2.18. The van der Waals surface area contributed by atoms with Gasteiger partial charge in [-0.2, -0.15) is 35.1 Å². The Labute approximate surface area is 105 Å². The number of halogens is 9. The normalized spacial score (nSPS) is 13.4. The Morgan fingerprint density at radius 2 is 1.40 bits per heavy atom. The highest BCUT2D eigenvalue weighted by atomic mass is 19.4. The molecule has 10 heteroatoms. The number of carbonyl (C=O) groups excluding carboxylic acids is 1. The topological polar surface area (TPSA) is 17.1 Å². The van der Waals surface area contributed by atoms with Crippen LogP contribution in [0, 0.1) is 5.82 Å². The zero-order chi connectivity index (χ0) is 15.9. The molecule has 0 aromatic heterocycles. The van der Waals surface area contributed by atoms with Crippen molar-refractivity contribution in [3.05, 3.63) is 35.1 Å². The number of alkyl halides is 8. The van der Waals surface area contributed by atoms with Gasteiger partial charge in [-0.05, 0) is 6.07 Å². The van der Waals surface area contributed by atoms with E-state index in [-0.39, 0.29) is 12.1 Å². The van der Waals surface area contributed by atoms with Crippen molar-refractivity contribution in [2.45, 2.75) is 18.3 Å². The van der Waals surface area contributed by atoms with E-state index in [1.165, 1.54) is 0 Å². The SMILES string of the molecule is O=C(c1cccc(F)c1C(F)(F)F)C(F)(F)C(F)(F)F. The molecule has 1 nitrogen and oxygen atoms in total. The molecule has 0 fully saturated rings. The van der Waals surface area contributed by atoms with E-state index in [1.807, 2.05) is 0 Å². The first-order valence-electron chi connectivity index (χ1n) is 4.65. The number of hydrogen-bond donors (Lipinski definition) is 0. The molecule has 0 bridgehead atoms. The van der Waals surface area contributed by atoms with E-state index in [1.54, 1.807) is 0 Å². The predicted molar refractivity (Wildman–Crippen MR) is 46.7 cm³/mol. The molecule has 0 unspecified atom stereocenters. The summed E-state index contributed by atoms with van der Waals surface area (Å²) in [5.41, 5.74) is -4.55. The van der Waals surface area contributed by atoms with Gasteiger partial charge in [-0.3, -0.25) is 4.79 Å². The number of Topliss-reactive ketones (excluding diaryl/α,β-unsaturated/α-hetero) is 1. The molecule has 1 aromatic rings. The summed E-state index contributed by atoms with van der Waals surface area (Å²) in [7, 11) is 0. The van der Waals surface area contributed by atoms with Gasteiger partial charge in [0.2, 0.25) is 5.78 Å². The van der Waals surface area contributed by atoms with Crippen molar-refractivity contribution in [3.8, 4) is 0 Å². The Kier molecular flexibility index (Phi) is 3.81. The van der Waals surface area contributed by atoms with Crippen LogP contribution < -0.4 is 0 Å². The first-order chi connectivity index (χ1) is 8.80. The first kappa shape index (κ1) is 16.3. The van der Waals surface area contributed by atoms with Crippen molar-refractivity contribution in [1.82, 2.24) is 0 Å². The second kappa shape index (κ2) is 4.67. The van der Waals surface area contributed by atoms with Crippen LogP contribution in [-0.2, 0) is 6.18 Å². The molecular weight excluding hydrogens is 307 g/mol. The largest absolute Gasteiger partial charge is 0.461 e. The van der Waals surface area contributed by atoms with Gasteiger partial charge in [0.25, 0.3) is 0 Å². The Morgan fingerprint density at radius 1 is 0.900 bits per heavy atom. The van der Waals surface area contributed by atoms with E-state index in [2.05, 4.69) is 0 Å². The molecule has 112 valence electrons. The Balaban J connectivity index is 3.50. The van der Waals surface area contributed by atoms with Gasteiger partial charge >= 0.3 is 18.3 Å². The van der Waals surface area contributed by atoms with Crippen LogP contribution in [0.2, 0.25) is 0 Å². The maximum Gasteiger partial charge on any atom is 0.461 e. The highest BCUT2D eigenvalue weighted by Crippen LogP contribution is 2.41. The van der Waals surface area contributed by atoms with Crippen LogP contribution in [-0.4, -0.2) is 17.9 Å². The quantitative estimate of drug-likeness (QED) is 0.590. The number of carbonyl (C=O) groups is 1. The molecule has 0 aliphatic rings. The standard InChI is InChI=1S/C10H3F9O/c11-5-3-1-2-4(6(5)9(14,15)16)7(20)8(12,13)10(17,18)19/h1-3H. The highest BCUT2D eigenvalue weighted by Gasteiger charge is 2.64. The van der Waals surface area contributed by atoms with E-state index >= 15 is 0 Å². The number of rotatable bonds is 2. The number of hydrogen-bond acceptors (Lipinski definition) is 1. The molecule has 0 N–H and O–H groups in total. The Morgan fingerprint density at radius 3 is 1.80 bits per heavy atom. The summed E-state index contributed by atoms with van der Waals surface area (Å²) in [5.74, 6) is -11.3. The second-order valence-electron chi connectivity index (χ2n) is 3.56. The summed E-state index contributed by atoms with van der Waals surface area (Å²) in [4.78, 5) is 11.0. The minimum Gasteiger partial charge on any atom is -0.287 e. The summed E-state index contributed by atoms with van der Waals surface area (Å²) in [6.45, 7) is 0. The summed E-state index contributed by atoms with van der Waals surface area (Å²) in [6.07, 6.45) is -12.0. The molecule has 0 aliphatic heterocycles. The smallest absolute Gasteiger partial charge is 0.287 e. The molecule has 0 radical (unpaired) electrons. The van der Waals surface area contributed by atoms with Gasteiger partial charge in [-0.1, -0.05) is 12.1 Å². The van der Waals surface area contributed by atoms with E-state index < -0.39 is 41.0 Å².